The predicted octanol–water partition coefficient (Wildman–Crippen LogP) is 3.43. The van der Waals surface area contributed by atoms with Gasteiger partial charge in [0.25, 0.3) is 5.91 Å². The number of thiophene rings is 1. The molecule has 0 fully saturated rings. The number of halogens is 2. The van der Waals surface area contributed by atoms with Crippen LogP contribution in [0.4, 0.5) is 10.2 Å². The van der Waals surface area contributed by atoms with Crippen molar-refractivity contribution in [1.82, 2.24) is 9.97 Å². The highest BCUT2D eigenvalue weighted by molar-refractivity contribution is 7.20. The Bertz CT molecular complexity index is 944. The first-order valence-corrected chi connectivity index (χ1v) is 7.39. The van der Waals surface area contributed by atoms with Crippen LogP contribution in [0.2, 0.25) is 5.02 Å². The van der Waals surface area contributed by atoms with E-state index in [1.807, 2.05) is 0 Å². The van der Waals surface area contributed by atoms with Crippen LogP contribution in [0.15, 0.2) is 30.6 Å². The molecule has 9 heteroatoms. The summed E-state index contributed by atoms with van der Waals surface area (Å²) in [4.78, 5) is 31.7. The molecule has 1 amide bonds. The van der Waals surface area contributed by atoms with Gasteiger partial charge in [-0.05, 0) is 24.3 Å². The molecule has 0 aliphatic rings. The number of hydrogen-bond acceptors (Lipinski definition) is 5. The molecule has 6 nitrogen and oxygen atoms in total. The van der Waals surface area contributed by atoms with Gasteiger partial charge in [0.15, 0.2) is 0 Å². The lowest BCUT2D eigenvalue weighted by Gasteiger charge is -2.05. The van der Waals surface area contributed by atoms with Crippen LogP contribution in [0.5, 0.6) is 0 Å². The Labute approximate surface area is 137 Å². The number of rotatable bonds is 3. The fourth-order valence-electron chi connectivity index (χ4n) is 1.88. The van der Waals surface area contributed by atoms with Crippen molar-refractivity contribution in [1.29, 1.82) is 0 Å². The van der Waals surface area contributed by atoms with E-state index in [4.69, 9.17) is 16.7 Å². The molecule has 3 aromatic rings. The molecule has 3 rings (SSSR count). The Morgan fingerprint density at radius 1 is 1.26 bits per heavy atom. The molecule has 0 saturated carbocycles. The van der Waals surface area contributed by atoms with Crippen molar-refractivity contribution >= 4 is 50.8 Å². The number of hydrogen-bond donors (Lipinski definition) is 2. The number of carbonyl (C=O) groups is 2. The third-order valence-electron chi connectivity index (χ3n) is 2.95. The average molecular weight is 352 g/mol. The topological polar surface area (TPSA) is 92.2 Å². The van der Waals surface area contributed by atoms with Gasteiger partial charge in [-0.2, -0.15) is 0 Å². The van der Waals surface area contributed by atoms with E-state index < -0.39 is 17.7 Å². The summed E-state index contributed by atoms with van der Waals surface area (Å²) in [5.74, 6) is -2.09. The molecular weight excluding hydrogens is 345 g/mol. The van der Waals surface area contributed by atoms with Crippen LogP contribution < -0.4 is 5.32 Å². The highest BCUT2D eigenvalue weighted by Crippen LogP contribution is 2.28. The van der Waals surface area contributed by atoms with Crippen LogP contribution in [0, 0.1) is 5.82 Å². The summed E-state index contributed by atoms with van der Waals surface area (Å²) in [6, 6.07) is 4.95. The number of benzene rings is 1. The van der Waals surface area contributed by atoms with Crippen LogP contribution >= 0.6 is 22.9 Å². The third kappa shape index (κ3) is 2.99. The average Bonchev–Trinajstić information content (AvgIpc) is 2.95. The van der Waals surface area contributed by atoms with E-state index >= 15 is 0 Å². The number of aromatic nitrogens is 2. The minimum atomic E-state index is -1.09. The maximum Gasteiger partial charge on any atom is 0.345 e. The molecule has 0 spiro atoms. The first-order chi connectivity index (χ1) is 11.0. The molecule has 1 aromatic carbocycles. The van der Waals surface area contributed by atoms with Crippen molar-refractivity contribution in [3.05, 3.63) is 51.9 Å². The molecule has 0 aliphatic heterocycles. The van der Waals surface area contributed by atoms with Gasteiger partial charge in [-0.15, -0.1) is 11.3 Å². The number of amides is 1. The summed E-state index contributed by atoms with van der Waals surface area (Å²) in [6.07, 6.45) is 1.22. The predicted molar refractivity (Wildman–Crippen MR) is 83.7 cm³/mol. The Morgan fingerprint density at radius 3 is 2.74 bits per heavy atom. The van der Waals surface area contributed by atoms with Crippen molar-refractivity contribution in [2.45, 2.75) is 0 Å². The van der Waals surface area contributed by atoms with E-state index in [-0.39, 0.29) is 21.3 Å². The number of carboxylic acid groups (broad SMARTS) is 1. The zero-order chi connectivity index (χ0) is 16.6. The van der Waals surface area contributed by atoms with Crippen LogP contribution in [-0.4, -0.2) is 27.0 Å². The Hall–Kier alpha value is -2.58. The second-order valence-corrected chi connectivity index (χ2v) is 5.88. The Balaban J connectivity index is 1.95. The normalized spacial score (nSPS) is 10.7. The van der Waals surface area contributed by atoms with E-state index in [1.54, 1.807) is 0 Å². The van der Waals surface area contributed by atoms with Gasteiger partial charge in [0.2, 0.25) is 0 Å². The lowest BCUT2D eigenvalue weighted by Crippen LogP contribution is -2.13. The van der Waals surface area contributed by atoms with Gasteiger partial charge in [0.1, 0.15) is 27.7 Å². The van der Waals surface area contributed by atoms with Gasteiger partial charge in [0, 0.05) is 5.56 Å². The summed E-state index contributed by atoms with van der Waals surface area (Å²) < 4.78 is 13.1. The van der Waals surface area contributed by atoms with Crippen molar-refractivity contribution in [3.63, 3.8) is 0 Å². The molecule has 0 saturated heterocycles. The number of anilines is 1. The molecule has 0 radical (unpaired) electrons. The first-order valence-electron chi connectivity index (χ1n) is 6.20. The lowest BCUT2D eigenvalue weighted by molar-refractivity contribution is 0.0702. The molecule has 2 aromatic heterocycles. The number of fused-ring (bicyclic) bond motifs is 1. The summed E-state index contributed by atoms with van der Waals surface area (Å²) in [6.45, 7) is 0. The minimum absolute atomic E-state index is 0.0841. The van der Waals surface area contributed by atoms with Crippen molar-refractivity contribution in [2.24, 2.45) is 0 Å². The van der Waals surface area contributed by atoms with Crippen molar-refractivity contribution in [2.75, 3.05) is 5.32 Å². The van der Waals surface area contributed by atoms with Crippen LogP contribution in [0.1, 0.15) is 20.0 Å². The Kier molecular flexibility index (Phi) is 3.93. The zero-order valence-electron chi connectivity index (χ0n) is 11.2. The van der Waals surface area contributed by atoms with Crippen LogP contribution in [-0.2, 0) is 0 Å². The van der Waals surface area contributed by atoms with Gasteiger partial charge in [-0.3, -0.25) is 4.79 Å². The summed E-state index contributed by atoms with van der Waals surface area (Å²) in [5, 5.41) is 11.8. The van der Waals surface area contributed by atoms with Gasteiger partial charge in [-0.1, -0.05) is 11.6 Å². The largest absolute Gasteiger partial charge is 0.477 e. The third-order valence-corrected chi connectivity index (χ3v) is 4.27. The first kappa shape index (κ1) is 15.3. The quantitative estimate of drug-likeness (QED) is 0.754. The molecule has 2 N–H and O–H groups in total. The summed E-state index contributed by atoms with van der Waals surface area (Å²) >= 11 is 6.62. The SMILES string of the molecule is O=C(Nc1ncnc2sc(C(=O)O)cc12)c1ccc(F)c(Cl)c1. The summed E-state index contributed by atoms with van der Waals surface area (Å²) in [7, 11) is 0. The molecule has 0 atom stereocenters. The van der Waals surface area contributed by atoms with E-state index in [0.717, 1.165) is 17.4 Å². The van der Waals surface area contributed by atoms with Gasteiger partial charge in [0.05, 0.1) is 10.4 Å². The molecule has 2 heterocycles. The zero-order valence-corrected chi connectivity index (χ0v) is 12.8. The van der Waals surface area contributed by atoms with E-state index in [2.05, 4.69) is 15.3 Å². The monoisotopic (exact) mass is 351 g/mol. The Morgan fingerprint density at radius 2 is 2.04 bits per heavy atom. The second-order valence-electron chi connectivity index (χ2n) is 4.44. The van der Waals surface area contributed by atoms with Crippen molar-refractivity contribution in [3.8, 4) is 0 Å². The fraction of sp³-hybridized carbons (Fsp3) is 0. The summed E-state index contributed by atoms with van der Waals surface area (Å²) in [5.41, 5.74) is 0.150. The number of aromatic carboxylic acids is 1. The standard InChI is InChI=1S/C14H7ClFN3O3S/c15-8-3-6(1-2-9(8)16)12(20)19-11-7-4-10(14(21)22)23-13(7)18-5-17-11/h1-5H,(H,21,22)(H,17,18,19,20). The molecule has 0 bridgehead atoms. The second kappa shape index (κ2) is 5.90. The number of carboxylic acids is 1. The van der Waals surface area contributed by atoms with Gasteiger partial charge < -0.3 is 10.4 Å². The highest BCUT2D eigenvalue weighted by atomic mass is 35.5. The molecule has 23 heavy (non-hydrogen) atoms. The van der Waals surface area contributed by atoms with Crippen LogP contribution in [0.25, 0.3) is 10.2 Å². The smallest absolute Gasteiger partial charge is 0.345 e. The van der Waals surface area contributed by atoms with E-state index in [1.165, 1.54) is 24.5 Å². The fourth-order valence-corrected chi connectivity index (χ4v) is 2.90. The van der Waals surface area contributed by atoms with Gasteiger partial charge >= 0.3 is 5.97 Å². The van der Waals surface area contributed by atoms with E-state index in [9.17, 15) is 14.0 Å². The molecule has 0 aliphatic carbocycles. The number of carbonyl (C=O) groups excluding carboxylic acids is 1. The van der Waals surface area contributed by atoms with Crippen molar-refractivity contribution < 1.29 is 19.1 Å². The highest BCUT2D eigenvalue weighted by Gasteiger charge is 2.16. The molecule has 116 valence electrons. The lowest BCUT2D eigenvalue weighted by atomic mass is 10.2. The number of nitrogens with one attached hydrogen (secondary N) is 1. The number of nitrogens with zero attached hydrogens (tertiary/aromatic N) is 2. The maximum absolute atomic E-state index is 13.1. The molecular formula is C14H7ClFN3O3S. The minimum Gasteiger partial charge on any atom is -0.477 e. The van der Waals surface area contributed by atoms with E-state index in [0.29, 0.717) is 10.2 Å². The maximum atomic E-state index is 13.1. The van der Waals surface area contributed by atoms with Gasteiger partial charge in [-0.25, -0.2) is 19.2 Å². The van der Waals surface area contributed by atoms with Crippen LogP contribution in [0.3, 0.4) is 0 Å². The molecule has 0 unspecified atom stereocenters.